The van der Waals surface area contributed by atoms with Crippen LogP contribution in [0.4, 0.5) is 43.9 Å². The van der Waals surface area contributed by atoms with Gasteiger partial charge in [0.05, 0.1) is 11.6 Å². The van der Waals surface area contributed by atoms with Crippen LogP contribution in [0.2, 0.25) is 0 Å². The van der Waals surface area contributed by atoms with Crippen molar-refractivity contribution in [1.29, 1.82) is 0 Å². The van der Waals surface area contributed by atoms with Gasteiger partial charge in [0.1, 0.15) is 17.3 Å². The lowest BCUT2D eigenvalue weighted by Crippen LogP contribution is -2.40. The minimum absolute atomic E-state index is 0.00727. The van der Waals surface area contributed by atoms with Crippen LogP contribution in [-0.4, -0.2) is 29.4 Å². The van der Waals surface area contributed by atoms with Crippen molar-refractivity contribution in [3.05, 3.63) is 89.2 Å². The SMILES string of the molecule is O[C@H](CNC(c1cccc(Oc2cccc(SC(F)(F)F)c2)c1)c1ccc(C(F)(F)F)cc1F)C(F)(F)F. The summed E-state index contributed by atoms with van der Waals surface area (Å²) in [6.45, 7) is -1.13. The van der Waals surface area contributed by atoms with Crippen molar-refractivity contribution in [2.75, 3.05) is 6.54 Å². The second-order valence-electron chi connectivity index (χ2n) is 7.83. The molecule has 2 N–H and O–H groups in total. The topological polar surface area (TPSA) is 41.5 Å². The first-order chi connectivity index (χ1) is 17.5. The van der Waals surface area contributed by atoms with Gasteiger partial charge in [-0.2, -0.15) is 39.5 Å². The van der Waals surface area contributed by atoms with E-state index in [1.807, 2.05) is 0 Å². The molecule has 1 unspecified atom stereocenters. The lowest BCUT2D eigenvalue weighted by Gasteiger charge is -2.24. The zero-order valence-electron chi connectivity index (χ0n) is 18.8. The Kier molecular flexibility index (Phi) is 8.89. The van der Waals surface area contributed by atoms with E-state index in [0.717, 1.165) is 12.1 Å². The minimum Gasteiger partial charge on any atom is -0.457 e. The maximum absolute atomic E-state index is 14.8. The summed E-state index contributed by atoms with van der Waals surface area (Å²) >= 11 is -0.381. The Morgan fingerprint density at radius 3 is 2.03 bits per heavy atom. The number of hydrogen-bond acceptors (Lipinski definition) is 4. The molecule has 2 atom stereocenters. The van der Waals surface area contributed by atoms with E-state index in [1.165, 1.54) is 42.5 Å². The molecule has 0 radical (unpaired) electrons. The normalized spacial score (nSPS) is 14.3. The summed E-state index contributed by atoms with van der Waals surface area (Å²) in [5.41, 5.74) is -6.28. The molecular formula is C24H17F10NO2S. The summed E-state index contributed by atoms with van der Waals surface area (Å²) in [5, 5.41) is 11.7. The van der Waals surface area contributed by atoms with E-state index < -0.39 is 53.5 Å². The van der Waals surface area contributed by atoms with Crippen LogP contribution in [0.15, 0.2) is 71.6 Å². The summed E-state index contributed by atoms with van der Waals surface area (Å²) in [5.74, 6) is -1.40. The summed E-state index contributed by atoms with van der Waals surface area (Å²) in [7, 11) is 0. The predicted octanol–water partition coefficient (Wildman–Crippen LogP) is 7.85. The van der Waals surface area contributed by atoms with Gasteiger partial charge in [-0.1, -0.05) is 24.3 Å². The highest BCUT2D eigenvalue weighted by Crippen LogP contribution is 2.39. The predicted molar refractivity (Wildman–Crippen MR) is 118 cm³/mol. The molecule has 0 amide bonds. The number of thioether (sulfide) groups is 1. The highest BCUT2D eigenvalue weighted by atomic mass is 32.2. The molecule has 3 nitrogen and oxygen atoms in total. The highest BCUT2D eigenvalue weighted by molar-refractivity contribution is 8.00. The lowest BCUT2D eigenvalue weighted by molar-refractivity contribution is -0.202. The molecule has 0 aromatic heterocycles. The van der Waals surface area contributed by atoms with Gasteiger partial charge in [-0.3, -0.25) is 0 Å². The fourth-order valence-corrected chi connectivity index (χ4v) is 3.91. The molecule has 0 fully saturated rings. The molecule has 14 heteroatoms. The molecule has 206 valence electrons. The van der Waals surface area contributed by atoms with E-state index >= 15 is 0 Å². The Balaban J connectivity index is 1.94. The van der Waals surface area contributed by atoms with Crippen molar-refractivity contribution in [3.8, 4) is 11.5 Å². The summed E-state index contributed by atoms with van der Waals surface area (Å²) in [4.78, 5) is -0.182. The number of alkyl halides is 9. The number of nitrogens with one attached hydrogen (secondary N) is 1. The standard InChI is InChI=1S/C24H17F10NO2S/c25-19-10-14(22(26,27)28)7-8-18(19)21(35-12-20(36)23(29,30)31)13-3-1-4-15(9-13)37-16-5-2-6-17(11-16)38-24(32,33)34/h1-11,20-21,35-36H,12H2/t20-,21?/m1/s1. The average Bonchev–Trinajstić information content (AvgIpc) is 2.78. The van der Waals surface area contributed by atoms with Crippen LogP contribution in [0, 0.1) is 5.82 Å². The monoisotopic (exact) mass is 573 g/mol. The Bertz CT molecular complexity index is 1240. The fraction of sp³-hybridized carbons (Fsp3) is 0.250. The minimum atomic E-state index is -5.03. The van der Waals surface area contributed by atoms with Gasteiger partial charge in [0.25, 0.3) is 0 Å². The molecule has 0 aliphatic carbocycles. The van der Waals surface area contributed by atoms with E-state index in [2.05, 4.69) is 5.32 Å². The molecular weight excluding hydrogens is 556 g/mol. The number of hydrogen-bond donors (Lipinski definition) is 2. The molecule has 3 rings (SSSR count). The maximum atomic E-state index is 14.8. The van der Waals surface area contributed by atoms with Crippen LogP contribution in [0.5, 0.6) is 11.5 Å². The Morgan fingerprint density at radius 2 is 1.45 bits per heavy atom. The van der Waals surface area contributed by atoms with Crippen LogP contribution in [0.1, 0.15) is 22.7 Å². The van der Waals surface area contributed by atoms with Gasteiger partial charge < -0.3 is 15.2 Å². The third-order valence-corrected chi connectivity index (χ3v) is 5.72. The van der Waals surface area contributed by atoms with Crippen molar-refractivity contribution in [2.45, 2.75) is 34.9 Å². The molecule has 0 spiro atoms. The number of aliphatic hydroxyl groups excluding tert-OH is 1. The largest absolute Gasteiger partial charge is 0.457 e. The van der Waals surface area contributed by atoms with E-state index in [0.29, 0.717) is 6.07 Å². The van der Waals surface area contributed by atoms with Crippen molar-refractivity contribution >= 4 is 11.8 Å². The zero-order chi connectivity index (χ0) is 28.3. The smallest absolute Gasteiger partial charge is 0.446 e. The Labute approximate surface area is 213 Å². The number of ether oxygens (including phenoxy) is 1. The average molecular weight is 573 g/mol. The molecule has 38 heavy (non-hydrogen) atoms. The molecule has 0 saturated carbocycles. The molecule has 0 saturated heterocycles. The second kappa shape index (κ2) is 11.4. The third kappa shape index (κ3) is 8.27. The zero-order valence-corrected chi connectivity index (χ0v) is 19.6. The van der Waals surface area contributed by atoms with Gasteiger partial charge in [-0.25, -0.2) is 4.39 Å². The van der Waals surface area contributed by atoms with Crippen molar-refractivity contribution < 1.29 is 53.7 Å². The lowest BCUT2D eigenvalue weighted by atomic mass is 9.96. The number of aliphatic hydroxyl groups is 1. The first-order valence-electron chi connectivity index (χ1n) is 10.5. The fourth-order valence-electron chi connectivity index (χ4n) is 3.32. The molecule has 3 aromatic rings. The number of benzene rings is 3. The number of halogens is 10. The van der Waals surface area contributed by atoms with E-state index in [-0.39, 0.29) is 39.8 Å². The van der Waals surface area contributed by atoms with E-state index in [4.69, 9.17) is 4.74 Å². The molecule has 0 aliphatic heterocycles. The van der Waals surface area contributed by atoms with Crippen LogP contribution in [0.25, 0.3) is 0 Å². The van der Waals surface area contributed by atoms with Gasteiger partial charge in [0.15, 0.2) is 6.10 Å². The van der Waals surface area contributed by atoms with Crippen molar-refractivity contribution in [1.82, 2.24) is 5.32 Å². The van der Waals surface area contributed by atoms with Gasteiger partial charge in [0, 0.05) is 17.0 Å². The Morgan fingerprint density at radius 1 is 0.816 bits per heavy atom. The van der Waals surface area contributed by atoms with Gasteiger partial charge in [-0.15, -0.1) is 0 Å². The second-order valence-corrected chi connectivity index (χ2v) is 8.97. The first kappa shape index (κ1) is 29.6. The van der Waals surface area contributed by atoms with E-state index in [9.17, 15) is 49.0 Å². The van der Waals surface area contributed by atoms with Crippen molar-refractivity contribution in [3.63, 3.8) is 0 Å². The van der Waals surface area contributed by atoms with Gasteiger partial charge >= 0.3 is 17.9 Å². The van der Waals surface area contributed by atoms with Crippen LogP contribution >= 0.6 is 11.8 Å². The third-order valence-electron chi connectivity index (χ3n) is 5.00. The quantitative estimate of drug-likeness (QED) is 0.213. The summed E-state index contributed by atoms with van der Waals surface area (Å²) in [6.07, 6.45) is -12.8. The van der Waals surface area contributed by atoms with Gasteiger partial charge in [-0.05, 0) is 59.8 Å². The summed E-state index contributed by atoms with van der Waals surface area (Å²) in [6, 6.07) is 10.2. The highest BCUT2D eigenvalue weighted by Gasteiger charge is 2.39. The number of rotatable bonds is 8. The molecule has 0 heterocycles. The molecule has 0 aliphatic rings. The maximum Gasteiger partial charge on any atom is 0.446 e. The van der Waals surface area contributed by atoms with Gasteiger partial charge in [0.2, 0.25) is 0 Å². The van der Waals surface area contributed by atoms with E-state index in [1.54, 1.807) is 0 Å². The molecule has 3 aromatic carbocycles. The van der Waals surface area contributed by atoms with Crippen LogP contribution < -0.4 is 10.1 Å². The first-order valence-corrected chi connectivity index (χ1v) is 11.3. The van der Waals surface area contributed by atoms with Crippen molar-refractivity contribution in [2.24, 2.45) is 0 Å². The molecule has 0 bridgehead atoms. The van der Waals surface area contributed by atoms with Crippen LogP contribution in [-0.2, 0) is 6.18 Å². The van der Waals surface area contributed by atoms with Crippen LogP contribution in [0.3, 0.4) is 0 Å². The summed E-state index contributed by atoms with van der Waals surface area (Å²) < 4.78 is 136. The Hall–Kier alpha value is -2.97.